The number of rotatable bonds is 6. The van der Waals surface area contributed by atoms with Crippen LogP contribution in [0.25, 0.3) is 11.4 Å². The number of thioether (sulfide) groups is 1. The number of carbonyl (C=O) groups is 1. The maximum Gasteiger partial charge on any atom is 0.230 e. The number of halogens is 1. The number of aromatic nitrogens is 3. The average Bonchev–Trinajstić information content (AvgIpc) is 3.37. The molecule has 0 aliphatic heterocycles. The molecule has 1 amide bonds. The second-order valence-corrected chi connectivity index (χ2v) is 8.02. The number of hydrogen-bond acceptors (Lipinski definition) is 4. The van der Waals surface area contributed by atoms with E-state index >= 15 is 0 Å². The fourth-order valence-corrected chi connectivity index (χ4v) is 4.31. The maximum absolute atomic E-state index is 14.3. The van der Waals surface area contributed by atoms with Gasteiger partial charge in [-0.25, -0.2) is 4.39 Å². The lowest BCUT2D eigenvalue weighted by atomic mass is 9.95. The van der Waals surface area contributed by atoms with Crippen molar-refractivity contribution in [2.45, 2.75) is 62.2 Å². The summed E-state index contributed by atoms with van der Waals surface area (Å²) >= 11 is 1.39. The van der Waals surface area contributed by atoms with Crippen molar-refractivity contribution in [3.8, 4) is 11.4 Å². The molecule has 2 fully saturated rings. The molecule has 0 unspecified atom stereocenters. The highest BCUT2D eigenvalue weighted by molar-refractivity contribution is 7.99. The van der Waals surface area contributed by atoms with E-state index in [1.807, 2.05) is 6.07 Å². The molecule has 5 nitrogen and oxygen atoms in total. The number of benzene rings is 1. The molecule has 4 rings (SSSR count). The fourth-order valence-electron chi connectivity index (χ4n) is 3.50. The Bertz CT molecular complexity index is 784. The van der Waals surface area contributed by atoms with Gasteiger partial charge in [-0.3, -0.25) is 9.36 Å². The molecule has 2 aliphatic rings. The minimum absolute atomic E-state index is 0.0307. The molecule has 138 valence electrons. The molecular weight excluding hydrogens is 351 g/mol. The van der Waals surface area contributed by atoms with Gasteiger partial charge in [0.1, 0.15) is 5.82 Å². The first-order chi connectivity index (χ1) is 12.7. The molecule has 2 aromatic rings. The lowest BCUT2D eigenvalue weighted by molar-refractivity contribution is -0.118. The van der Waals surface area contributed by atoms with Gasteiger partial charge in [-0.2, -0.15) is 0 Å². The summed E-state index contributed by atoms with van der Waals surface area (Å²) < 4.78 is 16.4. The van der Waals surface area contributed by atoms with Gasteiger partial charge in [0.15, 0.2) is 11.0 Å². The third kappa shape index (κ3) is 3.92. The van der Waals surface area contributed by atoms with Crippen molar-refractivity contribution >= 4 is 17.7 Å². The van der Waals surface area contributed by atoms with E-state index in [0.717, 1.165) is 38.5 Å². The molecule has 1 N–H and O–H groups in total. The van der Waals surface area contributed by atoms with E-state index in [-0.39, 0.29) is 17.8 Å². The lowest BCUT2D eigenvalue weighted by Crippen LogP contribution is -2.27. The van der Waals surface area contributed by atoms with Crippen LogP contribution in [0.3, 0.4) is 0 Å². The SMILES string of the molecule is O=C(CSc1nnc(-c2ccccc2F)n1C1CCCCC1)NC1CC1. The Kier molecular flexibility index (Phi) is 5.24. The maximum atomic E-state index is 14.3. The smallest absolute Gasteiger partial charge is 0.230 e. The predicted molar refractivity (Wildman–Crippen MR) is 99.4 cm³/mol. The topological polar surface area (TPSA) is 59.8 Å². The summed E-state index contributed by atoms with van der Waals surface area (Å²) in [5.41, 5.74) is 0.472. The Morgan fingerprint density at radius 3 is 2.65 bits per heavy atom. The van der Waals surface area contributed by atoms with Crippen LogP contribution in [0.4, 0.5) is 4.39 Å². The first-order valence-corrected chi connectivity index (χ1v) is 10.3. The standard InChI is InChI=1S/C19H23FN4OS/c20-16-9-5-4-8-15(16)18-22-23-19(24(18)14-6-2-1-3-7-14)26-12-17(25)21-13-10-11-13/h4-5,8-9,13-14H,1-3,6-7,10-12H2,(H,21,25). The van der Waals surface area contributed by atoms with E-state index in [9.17, 15) is 9.18 Å². The Hall–Kier alpha value is -1.89. The second kappa shape index (κ2) is 7.78. The van der Waals surface area contributed by atoms with Crippen LogP contribution in [0, 0.1) is 5.82 Å². The predicted octanol–water partition coefficient (Wildman–Crippen LogP) is 3.96. The Morgan fingerprint density at radius 2 is 1.92 bits per heavy atom. The summed E-state index contributed by atoms with van der Waals surface area (Å²) in [5.74, 6) is 0.627. The van der Waals surface area contributed by atoms with Crippen molar-refractivity contribution in [1.29, 1.82) is 0 Å². The molecule has 0 atom stereocenters. The molecule has 1 heterocycles. The van der Waals surface area contributed by atoms with Gasteiger partial charge in [-0.05, 0) is 37.8 Å². The van der Waals surface area contributed by atoms with Crippen LogP contribution in [0.5, 0.6) is 0 Å². The molecule has 7 heteroatoms. The molecule has 0 bridgehead atoms. The highest BCUT2D eigenvalue weighted by Crippen LogP contribution is 2.36. The van der Waals surface area contributed by atoms with Gasteiger partial charge >= 0.3 is 0 Å². The van der Waals surface area contributed by atoms with Gasteiger partial charge in [0, 0.05) is 12.1 Å². The first kappa shape index (κ1) is 17.5. The number of nitrogens with zero attached hydrogens (tertiary/aromatic N) is 3. The van der Waals surface area contributed by atoms with Gasteiger partial charge < -0.3 is 5.32 Å². The van der Waals surface area contributed by atoms with Crippen LogP contribution in [0.15, 0.2) is 29.4 Å². The third-order valence-corrected chi connectivity index (χ3v) is 5.94. The number of nitrogens with one attached hydrogen (secondary N) is 1. The van der Waals surface area contributed by atoms with Crippen molar-refractivity contribution in [3.63, 3.8) is 0 Å². The van der Waals surface area contributed by atoms with Crippen LogP contribution < -0.4 is 5.32 Å². The summed E-state index contributed by atoms with van der Waals surface area (Å²) in [6, 6.07) is 7.31. The highest BCUT2D eigenvalue weighted by atomic mass is 32.2. The van der Waals surface area contributed by atoms with Crippen molar-refractivity contribution in [1.82, 2.24) is 20.1 Å². The zero-order valence-electron chi connectivity index (χ0n) is 14.7. The minimum Gasteiger partial charge on any atom is -0.353 e. The van der Waals surface area contributed by atoms with E-state index in [1.165, 1.54) is 24.2 Å². The minimum atomic E-state index is -0.292. The van der Waals surface area contributed by atoms with Crippen molar-refractivity contribution in [2.75, 3.05) is 5.75 Å². The van der Waals surface area contributed by atoms with Crippen LogP contribution in [-0.2, 0) is 4.79 Å². The van der Waals surface area contributed by atoms with Gasteiger partial charge in [0.25, 0.3) is 0 Å². The normalized spacial score (nSPS) is 18.0. The summed E-state index contributed by atoms with van der Waals surface area (Å²) in [6.45, 7) is 0. The van der Waals surface area contributed by atoms with Crippen LogP contribution in [-0.4, -0.2) is 32.5 Å². The highest BCUT2D eigenvalue weighted by Gasteiger charge is 2.27. The van der Waals surface area contributed by atoms with Crippen LogP contribution in [0.2, 0.25) is 0 Å². The second-order valence-electron chi connectivity index (χ2n) is 7.08. The van der Waals surface area contributed by atoms with E-state index in [0.29, 0.717) is 28.3 Å². The number of carbonyl (C=O) groups excluding carboxylic acids is 1. The molecule has 2 aliphatic carbocycles. The fraction of sp³-hybridized carbons (Fsp3) is 0.526. The molecule has 0 spiro atoms. The zero-order chi connectivity index (χ0) is 17.9. The quantitative estimate of drug-likeness (QED) is 0.778. The molecular formula is C19H23FN4OS. The largest absolute Gasteiger partial charge is 0.353 e. The van der Waals surface area contributed by atoms with Crippen molar-refractivity contribution in [3.05, 3.63) is 30.1 Å². The van der Waals surface area contributed by atoms with Crippen LogP contribution >= 0.6 is 11.8 Å². The van der Waals surface area contributed by atoms with E-state index in [2.05, 4.69) is 20.1 Å². The van der Waals surface area contributed by atoms with Crippen molar-refractivity contribution in [2.24, 2.45) is 0 Å². The molecule has 1 aromatic heterocycles. The zero-order valence-corrected chi connectivity index (χ0v) is 15.5. The van der Waals surface area contributed by atoms with E-state index in [4.69, 9.17) is 0 Å². The lowest BCUT2D eigenvalue weighted by Gasteiger charge is -2.25. The number of hydrogen-bond donors (Lipinski definition) is 1. The number of amides is 1. The first-order valence-electron chi connectivity index (χ1n) is 9.34. The molecule has 2 saturated carbocycles. The van der Waals surface area contributed by atoms with Crippen molar-refractivity contribution < 1.29 is 9.18 Å². The summed E-state index contributed by atoms with van der Waals surface area (Å²) in [7, 11) is 0. The summed E-state index contributed by atoms with van der Waals surface area (Å²) in [6.07, 6.45) is 7.79. The van der Waals surface area contributed by atoms with E-state index < -0.39 is 0 Å². The molecule has 1 aromatic carbocycles. The molecule has 0 radical (unpaired) electrons. The van der Waals surface area contributed by atoms with Gasteiger partial charge in [0.05, 0.1) is 11.3 Å². The average molecular weight is 374 g/mol. The third-order valence-electron chi connectivity index (χ3n) is 4.99. The Balaban J connectivity index is 1.60. The monoisotopic (exact) mass is 374 g/mol. The van der Waals surface area contributed by atoms with E-state index in [1.54, 1.807) is 12.1 Å². The molecule has 0 saturated heterocycles. The Labute approximate surface area is 156 Å². The van der Waals surface area contributed by atoms with Gasteiger partial charge in [0.2, 0.25) is 5.91 Å². The molecule has 26 heavy (non-hydrogen) atoms. The van der Waals surface area contributed by atoms with Crippen LogP contribution in [0.1, 0.15) is 51.0 Å². The van der Waals surface area contributed by atoms with Gasteiger partial charge in [-0.15, -0.1) is 10.2 Å². The van der Waals surface area contributed by atoms with Gasteiger partial charge in [-0.1, -0.05) is 43.2 Å². The Morgan fingerprint density at radius 1 is 1.15 bits per heavy atom. The summed E-state index contributed by atoms with van der Waals surface area (Å²) in [5, 5.41) is 12.3. The summed E-state index contributed by atoms with van der Waals surface area (Å²) in [4.78, 5) is 12.0.